The molecular weight excluding hydrogens is 288 g/mol. The minimum absolute atomic E-state index is 0.134. The van der Waals surface area contributed by atoms with Gasteiger partial charge >= 0.3 is 0 Å². The van der Waals surface area contributed by atoms with Gasteiger partial charge in [0.2, 0.25) is 10.0 Å². The predicted molar refractivity (Wildman–Crippen MR) is 82.8 cm³/mol. The average Bonchev–Trinajstić information content (AvgIpc) is 3.04. The van der Waals surface area contributed by atoms with E-state index in [1.54, 1.807) is 23.0 Å². The number of rotatable bonds is 6. The Hall–Kier alpha value is -0.920. The second kappa shape index (κ2) is 6.46. The Kier molecular flexibility index (Phi) is 5.06. The van der Waals surface area contributed by atoms with E-state index in [9.17, 15) is 8.42 Å². The van der Waals surface area contributed by atoms with Gasteiger partial charge in [-0.25, -0.2) is 8.42 Å². The van der Waals surface area contributed by atoms with Crippen molar-refractivity contribution in [1.29, 1.82) is 0 Å². The van der Waals surface area contributed by atoms with Gasteiger partial charge in [-0.05, 0) is 33.7 Å². The van der Waals surface area contributed by atoms with Crippen LogP contribution in [0, 0.1) is 13.8 Å². The second-order valence-corrected chi connectivity index (χ2v) is 7.72. The number of nitrogens with one attached hydrogen (secondary N) is 1. The number of aryl methyl sites for hydroxylation is 1. The van der Waals surface area contributed by atoms with Crippen molar-refractivity contribution in [3.63, 3.8) is 0 Å². The molecule has 0 spiro atoms. The van der Waals surface area contributed by atoms with Crippen molar-refractivity contribution in [3.05, 3.63) is 11.4 Å². The van der Waals surface area contributed by atoms with Gasteiger partial charge in [0, 0.05) is 19.6 Å². The lowest BCUT2D eigenvalue weighted by molar-refractivity contribution is 0.372. The van der Waals surface area contributed by atoms with Crippen LogP contribution in [0.1, 0.15) is 37.1 Å². The third kappa shape index (κ3) is 3.14. The van der Waals surface area contributed by atoms with Gasteiger partial charge in [-0.2, -0.15) is 9.40 Å². The standard InChI is InChI=1S/C14H26N4O2S/c1-11-14(12(2)18(16-11)10-9-15-3)21(19,20)17(4)13-7-5-6-8-13/h13,15H,5-10H2,1-4H3. The zero-order valence-corrected chi connectivity index (χ0v) is 14.2. The van der Waals surface area contributed by atoms with Gasteiger partial charge in [0.05, 0.1) is 17.9 Å². The van der Waals surface area contributed by atoms with Gasteiger partial charge in [-0.3, -0.25) is 4.68 Å². The summed E-state index contributed by atoms with van der Waals surface area (Å²) in [5.41, 5.74) is 1.32. The van der Waals surface area contributed by atoms with Crippen LogP contribution in [0.3, 0.4) is 0 Å². The Morgan fingerprint density at radius 1 is 1.33 bits per heavy atom. The number of sulfonamides is 1. The van der Waals surface area contributed by atoms with Crippen LogP contribution in [-0.2, 0) is 16.6 Å². The fraction of sp³-hybridized carbons (Fsp3) is 0.786. The molecule has 1 aliphatic rings. The maximum Gasteiger partial charge on any atom is 0.246 e. The van der Waals surface area contributed by atoms with E-state index in [2.05, 4.69) is 10.4 Å². The maximum atomic E-state index is 12.9. The number of hydrogen-bond acceptors (Lipinski definition) is 4. The third-order valence-electron chi connectivity index (χ3n) is 4.36. The zero-order valence-electron chi connectivity index (χ0n) is 13.4. The molecule has 2 rings (SSSR count). The molecule has 0 radical (unpaired) electrons. The topological polar surface area (TPSA) is 67.2 Å². The van der Waals surface area contributed by atoms with E-state index in [1.165, 1.54) is 0 Å². The number of likely N-dealkylation sites (N-methyl/N-ethyl adjacent to an activating group) is 1. The second-order valence-electron chi connectivity index (χ2n) is 5.79. The molecule has 0 bridgehead atoms. The molecule has 120 valence electrons. The lowest BCUT2D eigenvalue weighted by Crippen LogP contribution is -2.35. The Morgan fingerprint density at radius 3 is 2.52 bits per heavy atom. The van der Waals surface area contributed by atoms with E-state index in [0.717, 1.165) is 37.9 Å². The van der Waals surface area contributed by atoms with E-state index in [0.29, 0.717) is 17.1 Å². The van der Waals surface area contributed by atoms with Gasteiger partial charge in [0.1, 0.15) is 4.90 Å². The summed E-state index contributed by atoms with van der Waals surface area (Å²) >= 11 is 0. The first-order valence-electron chi connectivity index (χ1n) is 7.56. The highest BCUT2D eigenvalue weighted by Crippen LogP contribution is 2.29. The average molecular weight is 314 g/mol. The molecule has 1 aromatic heterocycles. The molecule has 1 N–H and O–H groups in total. The molecule has 1 aromatic rings. The molecule has 1 fully saturated rings. The molecule has 6 nitrogen and oxygen atoms in total. The van der Waals surface area contributed by atoms with Crippen molar-refractivity contribution in [2.75, 3.05) is 20.6 Å². The fourth-order valence-electron chi connectivity index (χ4n) is 3.10. The third-order valence-corrected chi connectivity index (χ3v) is 6.53. The molecule has 1 aliphatic carbocycles. The predicted octanol–water partition coefficient (Wildman–Crippen LogP) is 1.28. The fourth-order valence-corrected chi connectivity index (χ4v) is 4.88. The van der Waals surface area contributed by atoms with Crippen molar-refractivity contribution < 1.29 is 8.42 Å². The van der Waals surface area contributed by atoms with E-state index in [4.69, 9.17) is 0 Å². The van der Waals surface area contributed by atoms with E-state index in [1.807, 2.05) is 14.0 Å². The largest absolute Gasteiger partial charge is 0.318 e. The van der Waals surface area contributed by atoms with Gasteiger partial charge in [-0.15, -0.1) is 0 Å². The van der Waals surface area contributed by atoms with Crippen LogP contribution in [0.15, 0.2) is 4.90 Å². The molecule has 21 heavy (non-hydrogen) atoms. The molecule has 0 amide bonds. The highest BCUT2D eigenvalue weighted by molar-refractivity contribution is 7.89. The quantitative estimate of drug-likeness (QED) is 0.859. The normalized spacial score (nSPS) is 17.0. The van der Waals surface area contributed by atoms with Crippen LogP contribution < -0.4 is 5.32 Å². The van der Waals surface area contributed by atoms with Crippen LogP contribution in [0.4, 0.5) is 0 Å². The van der Waals surface area contributed by atoms with Crippen LogP contribution in [0.2, 0.25) is 0 Å². The SMILES string of the molecule is CNCCn1nc(C)c(S(=O)(=O)N(C)C2CCCC2)c1C. The highest BCUT2D eigenvalue weighted by atomic mass is 32.2. The monoisotopic (exact) mass is 314 g/mol. The maximum absolute atomic E-state index is 12.9. The van der Waals surface area contributed by atoms with E-state index < -0.39 is 10.0 Å². The summed E-state index contributed by atoms with van der Waals surface area (Å²) in [6.45, 7) is 5.05. The van der Waals surface area contributed by atoms with Gasteiger partial charge in [0.25, 0.3) is 0 Å². The smallest absolute Gasteiger partial charge is 0.246 e. The molecule has 1 saturated carbocycles. The summed E-state index contributed by atoms with van der Waals surface area (Å²) < 4.78 is 29.1. The van der Waals surface area contributed by atoms with Gasteiger partial charge < -0.3 is 5.32 Å². The Balaban J connectivity index is 2.33. The molecule has 0 aromatic carbocycles. The lowest BCUT2D eigenvalue weighted by atomic mass is 10.3. The molecule has 1 heterocycles. The van der Waals surface area contributed by atoms with Crippen LogP contribution >= 0.6 is 0 Å². The Morgan fingerprint density at radius 2 is 1.95 bits per heavy atom. The van der Waals surface area contributed by atoms with E-state index in [-0.39, 0.29) is 6.04 Å². The number of nitrogens with zero attached hydrogens (tertiary/aromatic N) is 3. The number of aromatic nitrogens is 2. The zero-order chi connectivity index (χ0) is 15.6. The Labute approximate surface area is 127 Å². The van der Waals surface area contributed by atoms with Crippen molar-refractivity contribution in [1.82, 2.24) is 19.4 Å². The summed E-state index contributed by atoms with van der Waals surface area (Å²) in [5.74, 6) is 0. The van der Waals surface area contributed by atoms with E-state index >= 15 is 0 Å². The van der Waals surface area contributed by atoms with Crippen LogP contribution in [0.5, 0.6) is 0 Å². The van der Waals surface area contributed by atoms with Gasteiger partial charge in [-0.1, -0.05) is 12.8 Å². The van der Waals surface area contributed by atoms with Crippen molar-refractivity contribution in [2.24, 2.45) is 0 Å². The first kappa shape index (κ1) is 16.5. The van der Waals surface area contributed by atoms with Crippen LogP contribution in [-0.4, -0.2) is 49.2 Å². The Bertz CT molecular complexity index is 588. The van der Waals surface area contributed by atoms with Gasteiger partial charge in [0.15, 0.2) is 0 Å². The minimum Gasteiger partial charge on any atom is -0.318 e. The molecule has 0 unspecified atom stereocenters. The lowest BCUT2D eigenvalue weighted by Gasteiger charge is -2.23. The summed E-state index contributed by atoms with van der Waals surface area (Å²) in [6.07, 6.45) is 4.15. The van der Waals surface area contributed by atoms with Crippen molar-refractivity contribution in [3.8, 4) is 0 Å². The highest BCUT2D eigenvalue weighted by Gasteiger charge is 2.34. The van der Waals surface area contributed by atoms with Crippen LogP contribution in [0.25, 0.3) is 0 Å². The first-order valence-corrected chi connectivity index (χ1v) is 9.00. The summed E-state index contributed by atoms with van der Waals surface area (Å²) in [6, 6.07) is 0.134. The number of hydrogen-bond donors (Lipinski definition) is 1. The molecular formula is C14H26N4O2S. The summed E-state index contributed by atoms with van der Waals surface area (Å²) in [7, 11) is 0.117. The summed E-state index contributed by atoms with van der Waals surface area (Å²) in [4.78, 5) is 0.382. The first-order chi connectivity index (χ1) is 9.89. The molecule has 7 heteroatoms. The van der Waals surface area contributed by atoms with Crippen molar-refractivity contribution in [2.45, 2.75) is 57.0 Å². The van der Waals surface area contributed by atoms with Crippen molar-refractivity contribution >= 4 is 10.0 Å². The summed E-state index contributed by atoms with van der Waals surface area (Å²) in [5, 5.41) is 7.45. The molecule has 0 atom stereocenters. The minimum atomic E-state index is -3.46. The molecule has 0 aliphatic heterocycles. The molecule has 0 saturated heterocycles.